The molecule has 2 aliphatic heterocycles. The van der Waals surface area contributed by atoms with Crippen LogP contribution in [0, 0.1) is 11.8 Å². The average Bonchev–Trinajstić information content (AvgIpc) is 4.00. The third-order valence-electron chi connectivity index (χ3n) is 9.71. The molecule has 0 saturated heterocycles. The van der Waals surface area contributed by atoms with E-state index in [1.54, 1.807) is 92.9 Å². The summed E-state index contributed by atoms with van der Waals surface area (Å²) in [5.74, 6) is -1.13. The fraction of sp³-hybridized carbons (Fsp3) is 0.452. The van der Waals surface area contributed by atoms with E-state index in [2.05, 4.69) is 35.1 Å². The molecule has 0 spiro atoms. The minimum absolute atomic E-state index is 0.0211. The smallest absolute Gasteiger partial charge is 0.254 e. The number of hydrogen-bond donors (Lipinski definition) is 5. The van der Waals surface area contributed by atoms with E-state index >= 15 is 0 Å². The van der Waals surface area contributed by atoms with E-state index < -0.39 is 47.9 Å². The third-order valence-corrected chi connectivity index (χ3v) is 9.71. The molecule has 0 aromatic heterocycles. The Morgan fingerprint density at radius 1 is 0.927 bits per heavy atom. The van der Waals surface area contributed by atoms with Gasteiger partial charge in [-0.3, -0.25) is 24.0 Å². The molecule has 1 saturated carbocycles. The van der Waals surface area contributed by atoms with E-state index in [-0.39, 0.29) is 49.8 Å². The van der Waals surface area contributed by atoms with E-state index in [0.29, 0.717) is 41.2 Å². The molecule has 5 atom stereocenters. The lowest BCUT2D eigenvalue weighted by atomic mass is 10.0. The third kappa shape index (κ3) is 12.3. The highest BCUT2D eigenvalue weighted by Gasteiger charge is 2.34. The van der Waals surface area contributed by atoms with Crippen molar-refractivity contribution in [2.45, 2.75) is 83.1 Å². The van der Waals surface area contributed by atoms with Crippen LogP contribution in [0.15, 0.2) is 78.9 Å². The van der Waals surface area contributed by atoms with Crippen LogP contribution in [-0.4, -0.2) is 90.5 Å². The van der Waals surface area contributed by atoms with Crippen LogP contribution in [-0.2, 0) is 36.8 Å². The minimum Gasteiger partial charge on any atom is -0.497 e. The number of aliphatic hydroxyl groups excluding tert-OH is 1. The lowest BCUT2D eigenvalue weighted by Gasteiger charge is -2.29. The number of hydrogen-bond acceptors (Lipinski definition) is 8. The summed E-state index contributed by atoms with van der Waals surface area (Å²) >= 11 is 0. The number of ether oxygens (including phenoxy) is 2. The van der Waals surface area contributed by atoms with Gasteiger partial charge in [0.15, 0.2) is 6.10 Å². The number of carbonyl (C=O) groups excluding carboxylic acids is 5. The number of nitrogens with zero attached hydrogens (tertiary/aromatic N) is 1. The Labute approximate surface area is 322 Å². The molecule has 6 rings (SSSR count). The van der Waals surface area contributed by atoms with Crippen molar-refractivity contribution in [1.29, 1.82) is 0 Å². The van der Waals surface area contributed by atoms with Crippen molar-refractivity contribution in [2.24, 2.45) is 11.8 Å². The highest BCUT2D eigenvalue weighted by Crippen LogP contribution is 2.30. The van der Waals surface area contributed by atoms with Crippen LogP contribution in [0.3, 0.4) is 0 Å². The molecule has 1 aliphatic carbocycles. The summed E-state index contributed by atoms with van der Waals surface area (Å²) in [5.41, 5.74) is 1.73. The number of methoxy groups -OCH3 is 1. The molecule has 3 aliphatic rings. The summed E-state index contributed by atoms with van der Waals surface area (Å²) in [4.78, 5) is 70.4. The van der Waals surface area contributed by atoms with Crippen LogP contribution in [0.4, 0.5) is 0 Å². The van der Waals surface area contributed by atoms with E-state index in [4.69, 9.17) is 9.47 Å². The van der Waals surface area contributed by atoms with Gasteiger partial charge in [-0.15, -0.1) is 0 Å². The summed E-state index contributed by atoms with van der Waals surface area (Å²) in [6.07, 6.45) is 1.07. The Balaban J connectivity index is 1.47. The van der Waals surface area contributed by atoms with Gasteiger partial charge in [0.2, 0.25) is 23.6 Å². The van der Waals surface area contributed by atoms with Gasteiger partial charge in [-0.1, -0.05) is 68.4 Å². The predicted octanol–water partition coefficient (Wildman–Crippen LogP) is 2.85. The van der Waals surface area contributed by atoms with Crippen LogP contribution < -0.4 is 30.7 Å². The zero-order valence-corrected chi connectivity index (χ0v) is 32.0. The quantitative estimate of drug-likeness (QED) is 0.197. The second kappa shape index (κ2) is 19.2. The molecule has 294 valence electrons. The van der Waals surface area contributed by atoms with Gasteiger partial charge in [0.1, 0.15) is 36.2 Å². The molecule has 0 unspecified atom stereocenters. The number of benzene rings is 3. The van der Waals surface area contributed by atoms with Gasteiger partial charge >= 0.3 is 0 Å². The second-order valence-corrected chi connectivity index (χ2v) is 14.9. The molecule has 3 aromatic rings. The Morgan fingerprint density at radius 3 is 2.25 bits per heavy atom. The zero-order valence-electron chi connectivity index (χ0n) is 32.0. The number of aliphatic hydroxyl groups is 1. The maximum absolute atomic E-state index is 14.2. The largest absolute Gasteiger partial charge is 0.497 e. The molecule has 5 amide bonds. The Hall–Kier alpha value is -5.43. The summed E-state index contributed by atoms with van der Waals surface area (Å²) < 4.78 is 11.4. The summed E-state index contributed by atoms with van der Waals surface area (Å²) in [6, 6.07) is 18.7. The first-order valence-electron chi connectivity index (χ1n) is 19.0. The summed E-state index contributed by atoms with van der Waals surface area (Å²) in [6.45, 7) is 6.06. The summed E-state index contributed by atoms with van der Waals surface area (Å²) in [7, 11) is 1.54. The van der Waals surface area contributed by atoms with Crippen molar-refractivity contribution < 1.29 is 38.6 Å². The number of rotatable bonds is 10. The molecule has 5 N–H and O–H groups in total. The van der Waals surface area contributed by atoms with Crippen LogP contribution in [0.2, 0.25) is 0 Å². The summed E-state index contributed by atoms with van der Waals surface area (Å²) in [5, 5.41) is 22.2. The van der Waals surface area contributed by atoms with Crippen molar-refractivity contribution in [1.82, 2.24) is 26.2 Å². The Kier molecular flexibility index (Phi) is 14.3. The first-order valence-corrected chi connectivity index (χ1v) is 19.0. The number of carbonyl (C=O) groups is 5. The van der Waals surface area contributed by atoms with Crippen molar-refractivity contribution in [3.05, 3.63) is 95.6 Å². The van der Waals surface area contributed by atoms with Crippen LogP contribution in [0.25, 0.3) is 0 Å². The molecule has 13 nitrogen and oxygen atoms in total. The Bertz CT molecular complexity index is 1760. The van der Waals surface area contributed by atoms with Gasteiger partial charge in [-0.2, -0.15) is 0 Å². The minimum atomic E-state index is -1.55. The maximum Gasteiger partial charge on any atom is 0.254 e. The topological polar surface area (TPSA) is 175 Å². The van der Waals surface area contributed by atoms with Gasteiger partial charge < -0.3 is 40.7 Å². The van der Waals surface area contributed by atoms with Gasteiger partial charge in [0, 0.05) is 19.4 Å². The molecular weight excluding hydrogens is 702 g/mol. The molecule has 0 radical (unpaired) electrons. The first kappa shape index (κ1) is 40.7. The van der Waals surface area contributed by atoms with Crippen molar-refractivity contribution in [3.63, 3.8) is 0 Å². The highest BCUT2D eigenvalue weighted by molar-refractivity contribution is 5.95. The molecule has 13 heteroatoms. The fourth-order valence-corrected chi connectivity index (χ4v) is 6.56. The van der Waals surface area contributed by atoms with Gasteiger partial charge in [-0.25, -0.2) is 0 Å². The standard InChI is InChI=1S/C42H53N5O8/c1-26(2)20-32-25-55-34-18-14-29(15-19-34)22-36(46-41(52)38(49)31-8-6-5-7-9-31)40(51)45-35(21-28-12-16-33(54-4)17-13-28)39(50)43-27(3)42(53)47(23-30-10-11-30)24-37(48)44-32/h5-9,12-19,26-27,30,32,35-36,38,49H,10-11,20-25H2,1-4H3,(H,43,50)(H,44,48)(H,45,51)(H,46,52)/t27-,32+,35+,36+,38-/m1/s1. The van der Waals surface area contributed by atoms with Crippen molar-refractivity contribution in [3.8, 4) is 11.5 Å². The van der Waals surface area contributed by atoms with E-state index in [0.717, 1.165) is 12.8 Å². The molecule has 2 heterocycles. The normalized spacial score (nSPS) is 22.2. The Morgan fingerprint density at radius 2 is 1.62 bits per heavy atom. The number of nitrogens with one attached hydrogen (secondary N) is 4. The molecule has 1 fully saturated rings. The van der Waals surface area contributed by atoms with E-state index in [9.17, 15) is 29.1 Å². The second-order valence-electron chi connectivity index (χ2n) is 14.9. The van der Waals surface area contributed by atoms with Crippen LogP contribution in [0.1, 0.15) is 62.8 Å². The average molecular weight is 756 g/mol. The van der Waals surface area contributed by atoms with Crippen LogP contribution in [0.5, 0.6) is 11.5 Å². The van der Waals surface area contributed by atoms with Crippen LogP contribution >= 0.6 is 0 Å². The lowest BCUT2D eigenvalue weighted by molar-refractivity contribution is -0.140. The molecule has 55 heavy (non-hydrogen) atoms. The van der Waals surface area contributed by atoms with E-state index in [1.165, 1.54) is 4.90 Å². The highest BCUT2D eigenvalue weighted by atomic mass is 16.5. The zero-order chi connectivity index (χ0) is 39.5. The molecule has 2 bridgehead atoms. The van der Waals surface area contributed by atoms with Gasteiger partial charge in [0.05, 0.1) is 19.7 Å². The number of fused-ring (bicyclic) bond motifs is 17. The fourth-order valence-electron chi connectivity index (χ4n) is 6.56. The number of amides is 5. The lowest BCUT2D eigenvalue weighted by Crippen LogP contribution is -2.58. The van der Waals surface area contributed by atoms with E-state index in [1.807, 2.05) is 0 Å². The SMILES string of the molecule is COc1ccc(C[C@@H]2NC(=O)[C@@H](NC(=O)[C@H](O)c3ccccc3)Cc3ccc(cc3)OC[C@H](CC(C)C)NC(=O)CN(CC3CC3)C(=O)[C@@H](C)NC2=O)cc1. The predicted molar refractivity (Wildman–Crippen MR) is 206 cm³/mol. The molecule has 3 aromatic carbocycles. The molecular formula is C42H53N5O8. The van der Waals surface area contributed by atoms with Crippen molar-refractivity contribution in [2.75, 3.05) is 26.8 Å². The van der Waals surface area contributed by atoms with Crippen molar-refractivity contribution >= 4 is 29.5 Å². The van der Waals surface area contributed by atoms with Gasteiger partial charge in [-0.05, 0) is 79.0 Å². The van der Waals surface area contributed by atoms with Gasteiger partial charge in [0.25, 0.3) is 5.91 Å². The first-order chi connectivity index (χ1) is 26.4. The maximum atomic E-state index is 14.2. The monoisotopic (exact) mass is 755 g/mol.